The van der Waals surface area contributed by atoms with Crippen LogP contribution in [0.3, 0.4) is 0 Å². The molecule has 1 rings (SSSR count). The van der Waals surface area contributed by atoms with E-state index in [1.165, 1.54) is 4.90 Å². The molecule has 18 heavy (non-hydrogen) atoms. The van der Waals surface area contributed by atoms with Crippen LogP contribution in [0.4, 0.5) is 0 Å². The van der Waals surface area contributed by atoms with Crippen LogP contribution in [-0.2, 0) is 9.59 Å². The molecule has 1 fully saturated rings. The molecule has 0 aliphatic carbocycles. The first kappa shape index (κ1) is 15.7. The highest BCUT2D eigenvalue weighted by molar-refractivity contribution is 8.06. The van der Waals surface area contributed by atoms with Gasteiger partial charge in [0.15, 0.2) is 0 Å². The van der Waals surface area contributed by atoms with E-state index >= 15 is 0 Å². The third-order valence-corrected chi connectivity index (χ3v) is 5.40. The smallest absolute Gasteiger partial charge is 0.323 e. The van der Waals surface area contributed by atoms with Gasteiger partial charge in [-0.3, -0.25) is 9.59 Å². The van der Waals surface area contributed by atoms with Crippen LogP contribution in [0.15, 0.2) is 0 Å². The monoisotopic (exact) mass is 291 g/mol. The minimum atomic E-state index is -0.935. The van der Waals surface area contributed by atoms with Crippen molar-refractivity contribution in [3.8, 4) is 0 Å². The van der Waals surface area contributed by atoms with Crippen molar-refractivity contribution in [3.63, 3.8) is 0 Å². The molecule has 1 amide bonds. The van der Waals surface area contributed by atoms with Crippen LogP contribution in [-0.4, -0.2) is 57.5 Å². The summed E-state index contributed by atoms with van der Waals surface area (Å²) in [7, 11) is 0. The number of hydrogen-bond acceptors (Lipinski definition) is 4. The first-order valence-electron chi connectivity index (χ1n) is 6.18. The molecule has 0 spiro atoms. The molecular formula is C12H21NO3S2. The summed E-state index contributed by atoms with van der Waals surface area (Å²) in [6, 6.07) is 0. The minimum Gasteiger partial charge on any atom is -0.480 e. The molecule has 1 aliphatic rings. The molecule has 1 aliphatic heterocycles. The molecule has 0 aromatic carbocycles. The Morgan fingerprint density at radius 3 is 2.61 bits per heavy atom. The van der Waals surface area contributed by atoms with Crippen LogP contribution in [0.5, 0.6) is 0 Å². The number of carboxylic acids is 1. The summed E-state index contributed by atoms with van der Waals surface area (Å²) >= 11 is 3.71. The number of nitrogens with zero attached hydrogens (tertiary/aromatic N) is 1. The van der Waals surface area contributed by atoms with Crippen molar-refractivity contribution in [2.24, 2.45) is 5.92 Å². The van der Waals surface area contributed by atoms with E-state index < -0.39 is 5.97 Å². The summed E-state index contributed by atoms with van der Waals surface area (Å²) in [6.45, 7) is 4.33. The highest BCUT2D eigenvalue weighted by Gasteiger charge is 2.23. The van der Waals surface area contributed by atoms with Crippen LogP contribution < -0.4 is 0 Å². The predicted molar refractivity (Wildman–Crippen MR) is 77.2 cm³/mol. The second-order valence-corrected chi connectivity index (χ2v) is 7.39. The Kier molecular flexibility index (Phi) is 6.92. The van der Waals surface area contributed by atoms with Gasteiger partial charge in [0, 0.05) is 35.5 Å². The van der Waals surface area contributed by atoms with Crippen molar-refractivity contribution < 1.29 is 14.7 Å². The van der Waals surface area contributed by atoms with Crippen LogP contribution >= 0.6 is 23.5 Å². The summed E-state index contributed by atoms with van der Waals surface area (Å²) in [5.41, 5.74) is 0. The molecule has 1 atom stereocenters. The Hall–Kier alpha value is -0.360. The second-order valence-electron chi connectivity index (χ2n) is 4.83. The highest BCUT2D eigenvalue weighted by atomic mass is 32.2. The third-order valence-electron chi connectivity index (χ3n) is 2.55. The first-order valence-corrected chi connectivity index (χ1v) is 8.38. The van der Waals surface area contributed by atoms with Crippen molar-refractivity contribution in [2.45, 2.75) is 25.5 Å². The highest BCUT2D eigenvalue weighted by Crippen LogP contribution is 2.26. The molecular weight excluding hydrogens is 270 g/mol. The van der Waals surface area contributed by atoms with Gasteiger partial charge in [-0.15, -0.1) is 0 Å². The molecule has 0 radical (unpaired) electrons. The number of aliphatic carboxylic acids is 1. The van der Waals surface area contributed by atoms with Gasteiger partial charge in [-0.05, 0) is 5.92 Å². The summed E-state index contributed by atoms with van der Waals surface area (Å²) in [5, 5.41) is 9.20. The van der Waals surface area contributed by atoms with Gasteiger partial charge in [-0.2, -0.15) is 23.5 Å². The van der Waals surface area contributed by atoms with Crippen LogP contribution in [0.1, 0.15) is 20.3 Å². The zero-order chi connectivity index (χ0) is 13.5. The lowest BCUT2D eigenvalue weighted by Gasteiger charge is -2.26. The Bertz CT molecular complexity index is 291. The fourth-order valence-electron chi connectivity index (χ4n) is 1.84. The number of amides is 1. The predicted octanol–water partition coefficient (Wildman–Crippen LogP) is 1.79. The van der Waals surface area contributed by atoms with Gasteiger partial charge in [-0.25, -0.2) is 0 Å². The number of thioether (sulfide) groups is 2. The van der Waals surface area contributed by atoms with Gasteiger partial charge in [0.2, 0.25) is 5.91 Å². The Morgan fingerprint density at radius 2 is 2.11 bits per heavy atom. The second kappa shape index (κ2) is 7.94. The van der Waals surface area contributed by atoms with Gasteiger partial charge in [0.1, 0.15) is 6.54 Å². The summed E-state index contributed by atoms with van der Waals surface area (Å²) in [4.78, 5) is 24.4. The van der Waals surface area contributed by atoms with Gasteiger partial charge in [0.25, 0.3) is 0 Å². The van der Waals surface area contributed by atoms with E-state index in [0.717, 1.165) is 17.3 Å². The number of carbonyl (C=O) groups excluding carboxylic acids is 1. The van der Waals surface area contributed by atoms with E-state index in [1.54, 1.807) is 0 Å². The molecule has 0 bridgehead atoms. The summed E-state index contributed by atoms with van der Waals surface area (Å²) < 4.78 is 0. The summed E-state index contributed by atoms with van der Waals surface area (Å²) in [6.07, 6.45) is 0.470. The average Bonchev–Trinajstić information content (AvgIpc) is 2.28. The molecule has 0 aromatic heterocycles. The Balaban J connectivity index is 2.48. The van der Waals surface area contributed by atoms with E-state index in [-0.39, 0.29) is 12.5 Å². The molecule has 6 heteroatoms. The largest absolute Gasteiger partial charge is 0.480 e. The maximum absolute atomic E-state index is 12.1. The van der Waals surface area contributed by atoms with E-state index in [1.807, 2.05) is 37.4 Å². The van der Waals surface area contributed by atoms with Crippen molar-refractivity contribution >= 4 is 35.4 Å². The first-order chi connectivity index (χ1) is 8.49. The maximum Gasteiger partial charge on any atom is 0.323 e. The molecule has 1 N–H and O–H groups in total. The maximum atomic E-state index is 12.1. The van der Waals surface area contributed by atoms with E-state index in [0.29, 0.717) is 24.1 Å². The fraction of sp³-hybridized carbons (Fsp3) is 0.833. The standard InChI is InChI=1S/C12H21NO3S2/c1-9(2)6-13(7-12(15)16)11(14)5-10-8-17-3-4-18-10/h9-10H,3-8H2,1-2H3,(H,15,16). The van der Waals surface area contributed by atoms with E-state index in [2.05, 4.69) is 0 Å². The topological polar surface area (TPSA) is 57.6 Å². The lowest BCUT2D eigenvalue weighted by Crippen LogP contribution is -2.39. The SMILES string of the molecule is CC(C)CN(CC(=O)O)C(=O)CC1CSCCS1. The molecule has 0 aromatic rings. The van der Waals surface area contributed by atoms with Gasteiger partial charge >= 0.3 is 5.97 Å². The number of hydrogen-bond donors (Lipinski definition) is 1. The van der Waals surface area contributed by atoms with Gasteiger partial charge < -0.3 is 10.0 Å². The van der Waals surface area contributed by atoms with Gasteiger partial charge in [-0.1, -0.05) is 13.8 Å². The quantitative estimate of drug-likeness (QED) is 0.808. The third kappa shape index (κ3) is 6.00. The lowest BCUT2D eigenvalue weighted by atomic mass is 10.2. The van der Waals surface area contributed by atoms with Crippen LogP contribution in [0, 0.1) is 5.92 Å². The zero-order valence-corrected chi connectivity index (χ0v) is 12.6. The Labute approximate surface area is 117 Å². The van der Waals surface area contributed by atoms with E-state index in [4.69, 9.17) is 5.11 Å². The normalized spacial score (nSPS) is 19.8. The number of rotatable bonds is 6. The van der Waals surface area contributed by atoms with Crippen LogP contribution in [0.25, 0.3) is 0 Å². The lowest BCUT2D eigenvalue weighted by molar-refractivity contribution is -0.144. The molecule has 4 nitrogen and oxygen atoms in total. The van der Waals surface area contributed by atoms with Crippen molar-refractivity contribution in [1.29, 1.82) is 0 Å². The average molecular weight is 291 g/mol. The minimum absolute atomic E-state index is 0.0221. The molecule has 0 saturated carbocycles. The van der Waals surface area contributed by atoms with Crippen molar-refractivity contribution in [2.75, 3.05) is 30.3 Å². The van der Waals surface area contributed by atoms with E-state index in [9.17, 15) is 9.59 Å². The van der Waals surface area contributed by atoms with Crippen molar-refractivity contribution in [3.05, 3.63) is 0 Å². The molecule has 1 saturated heterocycles. The zero-order valence-electron chi connectivity index (χ0n) is 10.9. The number of carboxylic acid groups (broad SMARTS) is 1. The molecule has 1 unspecified atom stereocenters. The Morgan fingerprint density at radius 1 is 1.39 bits per heavy atom. The molecule has 104 valence electrons. The van der Waals surface area contributed by atoms with Crippen LogP contribution in [0.2, 0.25) is 0 Å². The van der Waals surface area contributed by atoms with Crippen molar-refractivity contribution in [1.82, 2.24) is 4.90 Å². The van der Waals surface area contributed by atoms with Gasteiger partial charge in [0.05, 0.1) is 0 Å². The number of carbonyl (C=O) groups is 2. The molecule has 1 heterocycles. The summed E-state index contributed by atoms with van der Waals surface area (Å²) in [5.74, 6) is 2.58. The fourth-order valence-corrected chi connectivity index (χ4v) is 4.51.